The minimum absolute atomic E-state index is 0.0168. The molecule has 1 fully saturated rings. The lowest BCUT2D eigenvalue weighted by Gasteiger charge is -2.31. The van der Waals surface area contributed by atoms with Crippen molar-refractivity contribution < 1.29 is 23.1 Å². The van der Waals surface area contributed by atoms with E-state index in [1.54, 1.807) is 12.1 Å². The SMILES string of the molecule is COc1ccc(S(=O)(=O)N2CCC[C@@H](C(=O)NCCCO)C2)cc1. The topological polar surface area (TPSA) is 95.9 Å². The molecule has 0 unspecified atom stereocenters. The summed E-state index contributed by atoms with van der Waals surface area (Å²) < 4.78 is 31.9. The lowest BCUT2D eigenvalue weighted by molar-refractivity contribution is -0.126. The summed E-state index contributed by atoms with van der Waals surface area (Å²) in [5.41, 5.74) is 0. The van der Waals surface area contributed by atoms with Crippen LogP contribution in [0.15, 0.2) is 29.2 Å². The first-order valence-electron chi connectivity index (χ1n) is 8.02. The fourth-order valence-electron chi connectivity index (χ4n) is 2.71. The van der Waals surface area contributed by atoms with Gasteiger partial charge in [0.2, 0.25) is 15.9 Å². The van der Waals surface area contributed by atoms with Crippen LogP contribution in [0.4, 0.5) is 0 Å². The van der Waals surface area contributed by atoms with Gasteiger partial charge in [0.25, 0.3) is 0 Å². The van der Waals surface area contributed by atoms with Crippen molar-refractivity contribution in [2.75, 3.05) is 33.4 Å². The maximum atomic E-state index is 12.7. The summed E-state index contributed by atoms with van der Waals surface area (Å²) in [4.78, 5) is 12.3. The number of hydrogen-bond donors (Lipinski definition) is 2. The Morgan fingerprint density at radius 2 is 2.08 bits per heavy atom. The van der Waals surface area contributed by atoms with Crippen LogP contribution < -0.4 is 10.1 Å². The molecule has 0 aliphatic carbocycles. The van der Waals surface area contributed by atoms with E-state index in [0.717, 1.165) is 0 Å². The minimum atomic E-state index is -3.62. The van der Waals surface area contributed by atoms with E-state index in [2.05, 4.69) is 5.32 Å². The number of sulfonamides is 1. The molecule has 2 N–H and O–H groups in total. The van der Waals surface area contributed by atoms with E-state index in [4.69, 9.17) is 9.84 Å². The third kappa shape index (κ3) is 4.46. The Bertz CT molecular complexity index is 645. The Balaban J connectivity index is 2.05. The first kappa shape index (κ1) is 18.7. The second kappa shape index (κ2) is 8.46. The number of nitrogens with zero attached hydrogens (tertiary/aromatic N) is 1. The van der Waals surface area contributed by atoms with Gasteiger partial charge in [-0.15, -0.1) is 0 Å². The van der Waals surface area contributed by atoms with Crippen molar-refractivity contribution in [2.45, 2.75) is 24.2 Å². The van der Waals surface area contributed by atoms with Gasteiger partial charge in [-0.25, -0.2) is 8.42 Å². The average Bonchev–Trinajstić information content (AvgIpc) is 2.62. The van der Waals surface area contributed by atoms with Gasteiger partial charge in [0.15, 0.2) is 0 Å². The number of rotatable bonds is 7. The van der Waals surface area contributed by atoms with Crippen LogP contribution in [0, 0.1) is 5.92 Å². The molecule has 1 aromatic rings. The maximum absolute atomic E-state index is 12.7. The van der Waals surface area contributed by atoms with E-state index in [1.165, 1.54) is 23.5 Å². The number of ether oxygens (including phenoxy) is 1. The van der Waals surface area contributed by atoms with Crippen molar-refractivity contribution in [2.24, 2.45) is 5.92 Å². The Hall–Kier alpha value is -1.64. The van der Waals surface area contributed by atoms with Crippen LogP contribution in [-0.4, -0.2) is 57.1 Å². The van der Waals surface area contributed by atoms with Gasteiger partial charge in [-0.1, -0.05) is 0 Å². The molecule has 1 atom stereocenters. The fraction of sp³-hybridized carbons (Fsp3) is 0.562. The largest absolute Gasteiger partial charge is 0.497 e. The molecule has 8 heteroatoms. The number of piperidine rings is 1. The van der Waals surface area contributed by atoms with Crippen LogP contribution in [0.25, 0.3) is 0 Å². The molecule has 1 amide bonds. The number of aliphatic hydroxyl groups excluding tert-OH is 1. The Kier molecular flexibility index (Phi) is 6.59. The number of hydrogen-bond acceptors (Lipinski definition) is 5. The van der Waals surface area contributed by atoms with Gasteiger partial charge < -0.3 is 15.2 Å². The molecule has 2 rings (SSSR count). The van der Waals surface area contributed by atoms with Crippen molar-refractivity contribution in [3.8, 4) is 5.75 Å². The zero-order valence-electron chi connectivity index (χ0n) is 13.8. The zero-order chi connectivity index (χ0) is 17.6. The molecule has 1 heterocycles. The molecule has 0 spiro atoms. The number of nitrogens with one attached hydrogen (secondary N) is 1. The van der Waals surface area contributed by atoms with Crippen molar-refractivity contribution in [1.29, 1.82) is 0 Å². The smallest absolute Gasteiger partial charge is 0.243 e. The lowest BCUT2D eigenvalue weighted by atomic mass is 9.99. The van der Waals surface area contributed by atoms with Gasteiger partial charge in [-0.2, -0.15) is 4.31 Å². The third-order valence-corrected chi connectivity index (χ3v) is 5.97. The molecule has 1 saturated heterocycles. The summed E-state index contributed by atoms with van der Waals surface area (Å²) in [5, 5.41) is 11.5. The maximum Gasteiger partial charge on any atom is 0.243 e. The molecular weight excluding hydrogens is 332 g/mol. The summed E-state index contributed by atoms with van der Waals surface area (Å²) >= 11 is 0. The zero-order valence-corrected chi connectivity index (χ0v) is 14.6. The summed E-state index contributed by atoms with van der Waals surface area (Å²) in [6.07, 6.45) is 1.80. The van der Waals surface area contributed by atoms with E-state index in [1.807, 2.05) is 0 Å². The highest BCUT2D eigenvalue weighted by Crippen LogP contribution is 2.25. The van der Waals surface area contributed by atoms with Crippen molar-refractivity contribution in [3.05, 3.63) is 24.3 Å². The molecule has 7 nitrogen and oxygen atoms in total. The Labute approximate surface area is 142 Å². The predicted molar refractivity (Wildman–Crippen MR) is 89.2 cm³/mol. The highest BCUT2D eigenvalue weighted by molar-refractivity contribution is 7.89. The Morgan fingerprint density at radius 1 is 1.38 bits per heavy atom. The summed E-state index contributed by atoms with van der Waals surface area (Å²) in [6, 6.07) is 6.24. The summed E-state index contributed by atoms with van der Waals surface area (Å²) in [6.45, 7) is 1.01. The Morgan fingerprint density at radius 3 is 2.71 bits per heavy atom. The first-order chi connectivity index (χ1) is 11.5. The van der Waals surface area contributed by atoms with Gasteiger partial charge in [0.1, 0.15) is 5.75 Å². The normalized spacial score (nSPS) is 19.0. The molecule has 1 aliphatic rings. The molecule has 0 aromatic heterocycles. The van der Waals surface area contributed by atoms with Crippen LogP contribution >= 0.6 is 0 Å². The number of aliphatic hydroxyl groups is 1. The summed E-state index contributed by atoms with van der Waals surface area (Å²) in [5.74, 6) is 0.0808. The molecule has 1 aromatic carbocycles. The van der Waals surface area contributed by atoms with Gasteiger partial charge in [0.05, 0.1) is 17.9 Å². The minimum Gasteiger partial charge on any atom is -0.497 e. The molecule has 0 radical (unpaired) electrons. The van der Waals surface area contributed by atoms with Gasteiger partial charge in [0, 0.05) is 26.2 Å². The number of carbonyl (C=O) groups excluding carboxylic acids is 1. The quantitative estimate of drug-likeness (QED) is 0.697. The van der Waals surface area contributed by atoms with Crippen molar-refractivity contribution in [3.63, 3.8) is 0 Å². The molecule has 0 saturated carbocycles. The van der Waals surface area contributed by atoms with Gasteiger partial charge >= 0.3 is 0 Å². The lowest BCUT2D eigenvalue weighted by Crippen LogP contribution is -2.45. The molecule has 134 valence electrons. The van der Waals surface area contributed by atoms with Crippen LogP contribution in [0.1, 0.15) is 19.3 Å². The van der Waals surface area contributed by atoms with Crippen molar-refractivity contribution in [1.82, 2.24) is 9.62 Å². The number of amides is 1. The van der Waals surface area contributed by atoms with Crippen LogP contribution in [0.3, 0.4) is 0 Å². The van der Waals surface area contributed by atoms with Crippen LogP contribution in [0.5, 0.6) is 5.75 Å². The van der Waals surface area contributed by atoms with E-state index >= 15 is 0 Å². The third-order valence-electron chi connectivity index (χ3n) is 4.09. The fourth-order valence-corrected chi connectivity index (χ4v) is 4.23. The van der Waals surface area contributed by atoms with Gasteiger partial charge in [-0.05, 0) is 43.5 Å². The monoisotopic (exact) mass is 356 g/mol. The van der Waals surface area contributed by atoms with Crippen molar-refractivity contribution >= 4 is 15.9 Å². The second-order valence-corrected chi connectivity index (χ2v) is 7.68. The molecule has 24 heavy (non-hydrogen) atoms. The average molecular weight is 356 g/mol. The van der Waals surface area contributed by atoms with Crippen LogP contribution in [0.2, 0.25) is 0 Å². The number of methoxy groups -OCH3 is 1. The number of carbonyl (C=O) groups is 1. The number of benzene rings is 1. The standard InChI is InChI=1S/C16H24N2O5S/c1-23-14-5-7-15(8-6-14)24(21,22)18-10-2-4-13(12-18)16(20)17-9-3-11-19/h5-8,13,19H,2-4,9-12H2,1H3,(H,17,20)/t13-/m1/s1. The van der Waals surface area contributed by atoms with E-state index < -0.39 is 10.0 Å². The highest BCUT2D eigenvalue weighted by atomic mass is 32.2. The van der Waals surface area contributed by atoms with Crippen LogP contribution in [-0.2, 0) is 14.8 Å². The second-order valence-electron chi connectivity index (χ2n) is 5.75. The van der Waals surface area contributed by atoms with E-state index in [-0.39, 0.29) is 29.9 Å². The van der Waals surface area contributed by atoms with Gasteiger partial charge in [-0.3, -0.25) is 4.79 Å². The van der Waals surface area contributed by atoms with E-state index in [9.17, 15) is 13.2 Å². The highest BCUT2D eigenvalue weighted by Gasteiger charge is 2.33. The predicted octanol–water partition coefficient (Wildman–Crippen LogP) is 0.595. The molecule has 0 bridgehead atoms. The molecular formula is C16H24N2O5S. The first-order valence-corrected chi connectivity index (χ1v) is 9.46. The van der Waals surface area contributed by atoms with E-state index in [0.29, 0.717) is 38.1 Å². The molecule has 1 aliphatic heterocycles. The summed E-state index contributed by atoms with van der Waals surface area (Å²) in [7, 11) is -2.10.